The molecular weight excluding hydrogens is 386 g/mol. The van der Waals surface area contributed by atoms with Crippen molar-refractivity contribution in [3.8, 4) is 0 Å². The maximum atomic E-state index is 12.9. The largest absolute Gasteiger partial charge is 0.349 e. The zero-order valence-electron chi connectivity index (χ0n) is 17.3. The number of sulfonamides is 1. The van der Waals surface area contributed by atoms with Crippen molar-refractivity contribution in [3.63, 3.8) is 0 Å². The molecule has 0 aromatic heterocycles. The summed E-state index contributed by atoms with van der Waals surface area (Å²) in [5.74, 6) is 0.657. The lowest BCUT2D eigenvalue weighted by Gasteiger charge is -2.28. The van der Waals surface area contributed by atoms with Crippen molar-refractivity contribution in [1.82, 2.24) is 14.9 Å². The SMILES string of the molecule is CN1CCC(CNS(=O)(=O)c2ccc3c(c2)[C@@H](NC(=O)C2CCCC2)CC3)CC1. The van der Waals surface area contributed by atoms with Crippen LogP contribution in [-0.4, -0.2) is 45.9 Å². The van der Waals surface area contributed by atoms with Gasteiger partial charge in [-0.25, -0.2) is 13.1 Å². The molecule has 1 saturated heterocycles. The van der Waals surface area contributed by atoms with E-state index in [0.717, 1.165) is 75.6 Å². The van der Waals surface area contributed by atoms with Gasteiger partial charge >= 0.3 is 0 Å². The Labute approximate surface area is 174 Å². The van der Waals surface area contributed by atoms with Crippen LogP contribution < -0.4 is 10.0 Å². The molecule has 2 N–H and O–H groups in total. The van der Waals surface area contributed by atoms with Gasteiger partial charge in [0.1, 0.15) is 0 Å². The molecule has 2 aliphatic carbocycles. The van der Waals surface area contributed by atoms with Crippen LogP contribution in [0.25, 0.3) is 0 Å². The smallest absolute Gasteiger partial charge is 0.240 e. The molecule has 6 nitrogen and oxygen atoms in total. The molecule has 1 aromatic rings. The summed E-state index contributed by atoms with van der Waals surface area (Å²) in [6.45, 7) is 2.54. The third-order valence-electron chi connectivity index (χ3n) is 6.95. The second-order valence-corrected chi connectivity index (χ2v) is 10.8. The van der Waals surface area contributed by atoms with Crippen molar-refractivity contribution in [2.75, 3.05) is 26.7 Å². The summed E-state index contributed by atoms with van der Waals surface area (Å²) >= 11 is 0. The van der Waals surface area contributed by atoms with E-state index in [9.17, 15) is 13.2 Å². The van der Waals surface area contributed by atoms with Crippen LogP contribution in [0.3, 0.4) is 0 Å². The lowest BCUT2D eigenvalue weighted by molar-refractivity contribution is -0.125. The van der Waals surface area contributed by atoms with Gasteiger partial charge in [0, 0.05) is 12.5 Å². The maximum Gasteiger partial charge on any atom is 0.240 e. The number of hydrogen-bond acceptors (Lipinski definition) is 4. The van der Waals surface area contributed by atoms with Crippen molar-refractivity contribution >= 4 is 15.9 Å². The Kier molecular flexibility index (Phi) is 6.27. The normalized spacial score (nSPS) is 24.0. The summed E-state index contributed by atoms with van der Waals surface area (Å²) in [6, 6.07) is 5.33. The van der Waals surface area contributed by atoms with E-state index in [0.29, 0.717) is 17.4 Å². The van der Waals surface area contributed by atoms with Crippen molar-refractivity contribution < 1.29 is 13.2 Å². The van der Waals surface area contributed by atoms with Crippen molar-refractivity contribution in [1.29, 1.82) is 0 Å². The Balaban J connectivity index is 1.41. The highest BCUT2D eigenvalue weighted by Crippen LogP contribution is 2.34. The molecule has 3 aliphatic rings. The van der Waals surface area contributed by atoms with Crippen LogP contribution in [0, 0.1) is 11.8 Å². The summed E-state index contributed by atoms with van der Waals surface area (Å²) < 4.78 is 28.6. The number of carbonyl (C=O) groups excluding carboxylic acids is 1. The highest BCUT2D eigenvalue weighted by atomic mass is 32.2. The van der Waals surface area contributed by atoms with Crippen LogP contribution in [0.15, 0.2) is 23.1 Å². The first kappa shape index (κ1) is 20.8. The van der Waals surface area contributed by atoms with Crippen LogP contribution in [0.2, 0.25) is 0 Å². The minimum Gasteiger partial charge on any atom is -0.349 e. The molecule has 0 unspecified atom stereocenters. The summed E-state index contributed by atoms with van der Waals surface area (Å²) in [6.07, 6.45) is 7.99. The molecule has 29 heavy (non-hydrogen) atoms. The van der Waals surface area contributed by atoms with Gasteiger partial charge < -0.3 is 10.2 Å². The molecule has 1 saturated carbocycles. The highest BCUT2D eigenvalue weighted by Gasteiger charge is 2.30. The number of benzene rings is 1. The van der Waals surface area contributed by atoms with Crippen molar-refractivity contribution in [3.05, 3.63) is 29.3 Å². The fraction of sp³-hybridized carbons (Fsp3) is 0.682. The number of rotatable bonds is 6. The molecule has 1 heterocycles. The number of nitrogens with one attached hydrogen (secondary N) is 2. The fourth-order valence-electron chi connectivity index (χ4n) is 4.95. The van der Waals surface area contributed by atoms with E-state index in [2.05, 4.69) is 22.0 Å². The quantitative estimate of drug-likeness (QED) is 0.743. The zero-order valence-corrected chi connectivity index (χ0v) is 18.1. The summed E-state index contributed by atoms with van der Waals surface area (Å²) in [7, 11) is -1.43. The highest BCUT2D eigenvalue weighted by molar-refractivity contribution is 7.89. The molecule has 1 amide bonds. The predicted molar refractivity (Wildman–Crippen MR) is 113 cm³/mol. The lowest BCUT2D eigenvalue weighted by Crippen LogP contribution is -2.37. The second-order valence-electron chi connectivity index (χ2n) is 9.04. The number of nitrogens with zero attached hydrogens (tertiary/aromatic N) is 1. The van der Waals surface area contributed by atoms with Crippen LogP contribution in [-0.2, 0) is 21.2 Å². The fourth-order valence-corrected chi connectivity index (χ4v) is 6.10. The minimum atomic E-state index is -3.54. The van der Waals surface area contributed by atoms with Crippen molar-refractivity contribution in [2.45, 2.75) is 62.3 Å². The van der Waals surface area contributed by atoms with E-state index in [1.54, 1.807) is 12.1 Å². The van der Waals surface area contributed by atoms with Gasteiger partial charge in [-0.05, 0) is 87.8 Å². The molecule has 160 valence electrons. The summed E-state index contributed by atoms with van der Waals surface area (Å²) in [5, 5.41) is 3.18. The molecule has 0 bridgehead atoms. The van der Waals surface area contributed by atoms with Crippen molar-refractivity contribution in [2.24, 2.45) is 11.8 Å². The van der Waals surface area contributed by atoms with E-state index < -0.39 is 10.0 Å². The third kappa shape index (κ3) is 4.84. The van der Waals surface area contributed by atoms with E-state index in [1.807, 2.05) is 6.07 Å². The van der Waals surface area contributed by atoms with Gasteiger partial charge in [0.05, 0.1) is 10.9 Å². The van der Waals surface area contributed by atoms with E-state index >= 15 is 0 Å². The first-order valence-corrected chi connectivity index (χ1v) is 12.5. The first-order valence-electron chi connectivity index (χ1n) is 11.0. The maximum absolute atomic E-state index is 12.9. The number of likely N-dealkylation sites (tertiary alicyclic amines) is 1. The predicted octanol–water partition coefficient (Wildman–Crippen LogP) is 2.60. The summed E-state index contributed by atoms with van der Waals surface area (Å²) in [5.41, 5.74) is 2.12. The monoisotopic (exact) mass is 419 g/mol. The van der Waals surface area contributed by atoms with Crippen LogP contribution in [0.5, 0.6) is 0 Å². The molecule has 2 fully saturated rings. The van der Waals surface area contributed by atoms with Gasteiger partial charge in [-0.15, -0.1) is 0 Å². The Morgan fingerprint density at radius 3 is 2.55 bits per heavy atom. The molecule has 1 atom stereocenters. The topological polar surface area (TPSA) is 78.5 Å². The van der Waals surface area contributed by atoms with Crippen LogP contribution in [0.4, 0.5) is 0 Å². The number of aryl methyl sites for hydroxylation is 1. The Bertz CT molecular complexity index is 841. The second kappa shape index (κ2) is 8.74. The number of amides is 1. The molecule has 4 rings (SSSR count). The molecule has 1 aliphatic heterocycles. The standard InChI is InChI=1S/C22H33N3O3S/c1-25-12-10-16(11-13-25)15-23-29(27,28)19-8-6-17-7-9-21(20(17)14-19)24-22(26)18-4-2-3-5-18/h6,8,14,16,18,21,23H,2-5,7,9-13,15H2,1H3,(H,24,26)/t21-/m0/s1. The average Bonchev–Trinajstić information content (AvgIpc) is 3.38. The average molecular weight is 420 g/mol. The molecule has 1 aromatic carbocycles. The molecular formula is C22H33N3O3S. The number of fused-ring (bicyclic) bond motifs is 1. The number of piperidine rings is 1. The van der Waals surface area contributed by atoms with Gasteiger partial charge in [-0.1, -0.05) is 18.9 Å². The van der Waals surface area contributed by atoms with E-state index in [-0.39, 0.29) is 17.9 Å². The number of carbonyl (C=O) groups is 1. The van der Waals surface area contributed by atoms with Gasteiger partial charge in [0.15, 0.2) is 0 Å². The van der Waals surface area contributed by atoms with Crippen LogP contribution in [0.1, 0.15) is 62.1 Å². The third-order valence-corrected chi connectivity index (χ3v) is 8.37. The Hall–Kier alpha value is -1.44. The zero-order chi connectivity index (χ0) is 20.4. The Morgan fingerprint density at radius 2 is 1.83 bits per heavy atom. The number of hydrogen-bond donors (Lipinski definition) is 2. The Morgan fingerprint density at radius 1 is 1.10 bits per heavy atom. The molecule has 0 radical (unpaired) electrons. The first-order chi connectivity index (χ1) is 13.9. The van der Waals surface area contributed by atoms with Gasteiger partial charge in [0.25, 0.3) is 0 Å². The van der Waals surface area contributed by atoms with E-state index in [4.69, 9.17) is 0 Å². The summed E-state index contributed by atoms with van der Waals surface area (Å²) in [4.78, 5) is 15.1. The lowest BCUT2D eigenvalue weighted by atomic mass is 9.98. The molecule has 0 spiro atoms. The van der Waals surface area contributed by atoms with Gasteiger partial charge in [-0.3, -0.25) is 4.79 Å². The van der Waals surface area contributed by atoms with E-state index in [1.165, 1.54) is 0 Å². The van der Waals surface area contributed by atoms with Gasteiger partial charge in [-0.2, -0.15) is 0 Å². The minimum absolute atomic E-state index is 0.0675. The van der Waals surface area contributed by atoms with Crippen LogP contribution >= 0.6 is 0 Å². The molecule has 7 heteroatoms. The van der Waals surface area contributed by atoms with Gasteiger partial charge in [0.2, 0.25) is 15.9 Å².